The zero-order chi connectivity index (χ0) is 14.7. The molecule has 0 amide bonds. The lowest BCUT2D eigenvalue weighted by molar-refractivity contribution is 1.09. The summed E-state index contributed by atoms with van der Waals surface area (Å²) < 4.78 is 0. The summed E-state index contributed by atoms with van der Waals surface area (Å²) in [4.78, 5) is 12.7. The number of nitrogens with zero attached hydrogens (tertiary/aromatic N) is 3. The zero-order valence-corrected chi connectivity index (χ0v) is 12.2. The number of aromatic nitrogens is 3. The van der Waals surface area contributed by atoms with Crippen molar-refractivity contribution in [2.24, 2.45) is 0 Å². The number of benzene rings is 1. The average Bonchev–Trinajstić information content (AvgIpc) is 2.51. The van der Waals surface area contributed by atoms with Crippen LogP contribution in [0.15, 0.2) is 42.9 Å². The molecule has 0 saturated carbocycles. The number of anilines is 3. The quantitative estimate of drug-likeness (QED) is 0.766. The third-order valence-electron chi connectivity index (χ3n) is 3.02. The molecule has 0 unspecified atom stereocenters. The van der Waals surface area contributed by atoms with Gasteiger partial charge in [-0.05, 0) is 24.4 Å². The highest BCUT2D eigenvalue weighted by Gasteiger charge is 2.07. The molecule has 2 heterocycles. The topological polar surface area (TPSA) is 62.7 Å². The van der Waals surface area contributed by atoms with Crippen molar-refractivity contribution in [3.05, 3.63) is 47.9 Å². The van der Waals surface area contributed by atoms with E-state index >= 15 is 0 Å². The lowest BCUT2D eigenvalue weighted by Gasteiger charge is -2.11. The van der Waals surface area contributed by atoms with Crippen molar-refractivity contribution in [3.8, 4) is 0 Å². The van der Waals surface area contributed by atoms with Crippen LogP contribution in [0.1, 0.15) is 6.92 Å². The molecule has 0 spiro atoms. The third kappa shape index (κ3) is 2.87. The molecule has 0 aliphatic rings. The Kier molecular flexibility index (Phi) is 3.83. The first-order valence-corrected chi connectivity index (χ1v) is 7.02. The Balaban J connectivity index is 2.00. The van der Waals surface area contributed by atoms with Gasteiger partial charge in [0, 0.05) is 30.0 Å². The lowest BCUT2D eigenvalue weighted by atomic mass is 10.1. The molecule has 0 saturated heterocycles. The molecule has 1 aromatic carbocycles. The standard InChI is InChI=1S/C15H14ClN5/c1-2-18-15-19-9-12(16)14(21-15)20-13-5-3-4-10-6-7-17-8-11(10)13/h3-9H,2H2,1H3,(H2,18,19,20,21). The van der Waals surface area contributed by atoms with E-state index in [0.29, 0.717) is 16.8 Å². The second kappa shape index (κ2) is 5.93. The van der Waals surface area contributed by atoms with Gasteiger partial charge in [0.15, 0.2) is 5.82 Å². The van der Waals surface area contributed by atoms with E-state index in [1.165, 1.54) is 0 Å². The maximum absolute atomic E-state index is 6.17. The van der Waals surface area contributed by atoms with Gasteiger partial charge in [-0.3, -0.25) is 4.98 Å². The van der Waals surface area contributed by atoms with E-state index in [1.807, 2.05) is 37.4 Å². The Morgan fingerprint density at radius 3 is 2.95 bits per heavy atom. The first-order valence-electron chi connectivity index (χ1n) is 6.64. The fraction of sp³-hybridized carbons (Fsp3) is 0.133. The first kappa shape index (κ1) is 13.6. The van der Waals surface area contributed by atoms with Gasteiger partial charge >= 0.3 is 0 Å². The summed E-state index contributed by atoms with van der Waals surface area (Å²) in [5, 5.41) is 8.90. The number of halogens is 1. The van der Waals surface area contributed by atoms with Crippen LogP contribution < -0.4 is 10.6 Å². The van der Waals surface area contributed by atoms with Gasteiger partial charge < -0.3 is 10.6 Å². The molecule has 0 radical (unpaired) electrons. The van der Waals surface area contributed by atoms with Crippen molar-refractivity contribution < 1.29 is 0 Å². The second-order valence-corrected chi connectivity index (χ2v) is 4.86. The summed E-state index contributed by atoms with van der Waals surface area (Å²) in [5.74, 6) is 1.11. The van der Waals surface area contributed by atoms with Crippen LogP contribution >= 0.6 is 11.6 Å². The average molecular weight is 300 g/mol. The van der Waals surface area contributed by atoms with E-state index in [-0.39, 0.29) is 0 Å². The van der Waals surface area contributed by atoms with Crippen LogP contribution in [0.4, 0.5) is 17.5 Å². The SMILES string of the molecule is CCNc1ncc(Cl)c(Nc2cccc3ccncc23)n1. The molecular formula is C15H14ClN5. The van der Waals surface area contributed by atoms with Crippen molar-refractivity contribution in [2.75, 3.05) is 17.2 Å². The van der Waals surface area contributed by atoms with Gasteiger partial charge in [0.05, 0.1) is 6.20 Å². The van der Waals surface area contributed by atoms with Crippen molar-refractivity contribution in [3.63, 3.8) is 0 Å². The summed E-state index contributed by atoms with van der Waals surface area (Å²) in [6, 6.07) is 7.94. The molecule has 0 fully saturated rings. The number of nitrogens with one attached hydrogen (secondary N) is 2. The summed E-state index contributed by atoms with van der Waals surface area (Å²) in [6.45, 7) is 2.74. The van der Waals surface area contributed by atoms with Gasteiger partial charge in [-0.25, -0.2) is 4.98 Å². The van der Waals surface area contributed by atoms with Crippen LogP contribution in [-0.4, -0.2) is 21.5 Å². The number of rotatable bonds is 4. The van der Waals surface area contributed by atoms with Crippen LogP contribution in [0.25, 0.3) is 10.8 Å². The van der Waals surface area contributed by atoms with Crippen molar-refractivity contribution in [1.29, 1.82) is 0 Å². The van der Waals surface area contributed by atoms with Crippen LogP contribution in [0.3, 0.4) is 0 Å². The molecule has 6 heteroatoms. The summed E-state index contributed by atoms with van der Waals surface area (Å²) in [6.07, 6.45) is 5.17. The fourth-order valence-corrected chi connectivity index (χ4v) is 2.19. The Hall–Kier alpha value is -2.40. The minimum Gasteiger partial charge on any atom is -0.354 e. The highest BCUT2D eigenvalue weighted by Crippen LogP contribution is 2.28. The maximum atomic E-state index is 6.17. The Bertz CT molecular complexity index is 770. The fourth-order valence-electron chi connectivity index (χ4n) is 2.05. The number of pyridine rings is 1. The molecule has 0 aliphatic carbocycles. The predicted molar refractivity (Wildman–Crippen MR) is 86.2 cm³/mol. The molecule has 5 nitrogen and oxygen atoms in total. The molecular weight excluding hydrogens is 286 g/mol. The van der Waals surface area contributed by atoms with Crippen molar-refractivity contribution in [1.82, 2.24) is 15.0 Å². The largest absolute Gasteiger partial charge is 0.354 e. The number of hydrogen-bond donors (Lipinski definition) is 2. The van der Waals surface area contributed by atoms with Gasteiger partial charge in [-0.15, -0.1) is 0 Å². The Labute approximate surface area is 127 Å². The summed E-state index contributed by atoms with van der Waals surface area (Å²) >= 11 is 6.17. The molecule has 2 N–H and O–H groups in total. The zero-order valence-electron chi connectivity index (χ0n) is 11.5. The molecule has 2 aromatic heterocycles. The van der Waals surface area contributed by atoms with Crippen LogP contribution in [-0.2, 0) is 0 Å². The summed E-state index contributed by atoms with van der Waals surface area (Å²) in [7, 11) is 0. The highest BCUT2D eigenvalue weighted by molar-refractivity contribution is 6.33. The van der Waals surface area contributed by atoms with E-state index in [9.17, 15) is 0 Å². The number of hydrogen-bond acceptors (Lipinski definition) is 5. The third-order valence-corrected chi connectivity index (χ3v) is 3.29. The Morgan fingerprint density at radius 1 is 1.19 bits per heavy atom. The molecule has 3 aromatic rings. The van der Waals surface area contributed by atoms with E-state index in [4.69, 9.17) is 11.6 Å². The van der Waals surface area contributed by atoms with Crippen LogP contribution in [0, 0.1) is 0 Å². The monoisotopic (exact) mass is 299 g/mol. The molecule has 21 heavy (non-hydrogen) atoms. The first-order chi connectivity index (χ1) is 10.3. The molecule has 0 atom stereocenters. The van der Waals surface area contributed by atoms with Gasteiger partial charge in [0.2, 0.25) is 5.95 Å². The van der Waals surface area contributed by atoms with Crippen LogP contribution in [0.2, 0.25) is 5.02 Å². The van der Waals surface area contributed by atoms with Crippen molar-refractivity contribution >= 4 is 39.8 Å². The highest BCUT2D eigenvalue weighted by atomic mass is 35.5. The molecule has 0 aliphatic heterocycles. The number of fused-ring (bicyclic) bond motifs is 1. The van der Waals surface area contributed by atoms with E-state index in [2.05, 4.69) is 25.6 Å². The second-order valence-electron chi connectivity index (χ2n) is 4.45. The van der Waals surface area contributed by atoms with E-state index < -0.39 is 0 Å². The minimum absolute atomic E-state index is 0.470. The van der Waals surface area contributed by atoms with Gasteiger partial charge in [-0.1, -0.05) is 23.7 Å². The minimum atomic E-state index is 0.470. The summed E-state index contributed by atoms with van der Waals surface area (Å²) in [5.41, 5.74) is 0.906. The molecule has 0 bridgehead atoms. The maximum Gasteiger partial charge on any atom is 0.224 e. The van der Waals surface area contributed by atoms with Crippen molar-refractivity contribution in [2.45, 2.75) is 6.92 Å². The normalized spacial score (nSPS) is 10.6. The predicted octanol–water partition coefficient (Wildman–Crippen LogP) is 3.85. The lowest BCUT2D eigenvalue weighted by Crippen LogP contribution is -2.04. The van der Waals surface area contributed by atoms with Gasteiger partial charge in [-0.2, -0.15) is 4.98 Å². The van der Waals surface area contributed by atoms with Gasteiger partial charge in [0.25, 0.3) is 0 Å². The van der Waals surface area contributed by atoms with Crippen LogP contribution in [0.5, 0.6) is 0 Å². The van der Waals surface area contributed by atoms with E-state index in [0.717, 1.165) is 23.0 Å². The molecule has 3 rings (SSSR count). The molecule has 106 valence electrons. The Morgan fingerprint density at radius 2 is 2.10 bits per heavy atom. The smallest absolute Gasteiger partial charge is 0.224 e. The van der Waals surface area contributed by atoms with E-state index in [1.54, 1.807) is 12.4 Å². The van der Waals surface area contributed by atoms with Gasteiger partial charge in [0.1, 0.15) is 5.02 Å².